The Bertz CT molecular complexity index is 498. The Morgan fingerprint density at radius 3 is 2.22 bits per heavy atom. The van der Waals surface area contributed by atoms with Gasteiger partial charge in [0.1, 0.15) is 0 Å². The molecule has 126 valence electrons. The standard InChI is InChI=1S/C21H31NO/c1-2-3-19-14-4-5-15(19)7-13(6-14)12-22-20(23)21-10-16-8-18(21)9-17(16)11-21/h2,13-19H,1,3-12H2,(H,22,23). The van der Waals surface area contributed by atoms with Crippen LogP contribution in [0.2, 0.25) is 0 Å². The number of allylic oxidation sites excluding steroid dienone is 1. The zero-order valence-electron chi connectivity index (χ0n) is 14.3. The van der Waals surface area contributed by atoms with Crippen molar-refractivity contribution in [2.24, 2.45) is 46.8 Å². The van der Waals surface area contributed by atoms with Gasteiger partial charge in [0.15, 0.2) is 0 Å². The molecule has 23 heavy (non-hydrogen) atoms. The number of hydrogen-bond acceptors (Lipinski definition) is 1. The van der Waals surface area contributed by atoms with E-state index in [1.54, 1.807) is 0 Å². The minimum absolute atomic E-state index is 0.0777. The number of fused-ring (bicyclic) bond motifs is 2. The first-order valence-corrected chi connectivity index (χ1v) is 10.1. The molecule has 4 atom stereocenters. The van der Waals surface area contributed by atoms with E-state index in [1.807, 2.05) is 0 Å². The Morgan fingerprint density at radius 1 is 1.04 bits per heavy atom. The van der Waals surface area contributed by atoms with Crippen molar-refractivity contribution in [2.45, 2.75) is 57.8 Å². The van der Waals surface area contributed by atoms with Crippen LogP contribution in [0, 0.1) is 46.8 Å². The first-order chi connectivity index (χ1) is 11.2. The van der Waals surface area contributed by atoms with E-state index in [0.717, 1.165) is 48.0 Å². The molecule has 0 heterocycles. The van der Waals surface area contributed by atoms with Crippen molar-refractivity contribution in [3.05, 3.63) is 12.7 Å². The average Bonchev–Trinajstić information content (AvgIpc) is 3.29. The molecule has 2 heteroatoms. The predicted octanol–water partition coefficient (Wildman–Crippen LogP) is 4.17. The molecule has 0 aromatic rings. The van der Waals surface area contributed by atoms with Crippen LogP contribution in [-0.2, 0) is 4.79 Å². The third kappa shape index (κ3) is 2.02. The molecule has 0 aliphatic heterocycles. The Hall–Kier alpha value is -0.790. The number of hydrogen-bond donors (Lipinski definition) is 1. The number of carbonyl (C=O) groups is 1. The maximum Gasteiger partial charge on any atom is 0.226 e. The van der Waals surface area contributed by atoms with Gasteiger partial charge in [-0.1, -0.05) is 6.08 Å². The molecule has 6 aliphatic carbocycles. The zero-order chi connectivity index (χ0) is 15.6. The number of rotatable bonds is 5. The van der Waals surface area contributed by atoms with E-state index in [9.17, 15) is 4.79 Å². The maximum absolute atomic E-state index is 12.9. The van der Waals surface area contributed by atoms with Crippen LogP contribution in [0.1, 0.15) is 57.8 Å². The minimum atomic E-state index is 0.0777. The highest BCUT2D eigenvalue weighted by Crippen LogP contribution is 2.70. The second-order valence-electron chi connectivity index (χ2n) is 9.59. The number of amides is 1. The van der Waals surface area contributed by atoms with Crippen molar-refractivity contribution in [1.29, 1.82) is 0 Å². The van der Waals surface area contributed by atoms with E-state index in [1.165, 1.54) is 57.8 Å². The van der Waals surface area contributed by atoms with E-state index in [2.05, 4.69) is 18.0 Å². The third-order valence-electron chi connectivity index (χ3n) is 8.71. The van der Waals surface area contributed by atoms with E-state index < -0.39 is 0 Å². The highest BCUT2D eigenvalue weighted by Gasteiger charge is 2.66. The van der Waals surface area contributed by atoms with Gasteiger partial charge >= 0.3 is 0 Å². The summed E-state index contributed by atoms with van der Waals surface area (Å²) >= 11 is 0. The topological polar surface area (TPSA) is 29.1 Å². The summed E-state index contributed by atoms with van der Waals surface area (Å²) in [4.78, 5) is 12.9. The van der Waals surface area contributed by atoms with Gasteiger partial charge in [0.2, 0.25) is 5.91 Å². The van der Waals surface area contributed by atoms with Crippen molar-refractivity contribution in [2.75, 3.05) is 6.54 Å². The molecule has 6 aliphatic rings. The fraction of sp³-hybridized carbons (Fsp3) is 0.857. The first kappa shape index (κ1) is 14.5. The monoisotopic (exact) mass is 313 g/mol. The van der Waals surface area contributed by atoms with Gasteiger partial charge in [-0.25, -0.2) is 0 Å². The SMILES string of the molecule is C=CCC1C2CCC1CC(CNC(=O)C13CC4CC1CC4C3)C2. The van der Waals surface area contributed by atoms with Crippen LogP contribution < -0.4 is 5.32 Å². The lowest BCUT2D eigenvalue weighted by Crippen LogP contribution is -2.43. The summed E-state index contributed by atoms with van der Waals surface area (Å²) in [6, 6.07) is 0. The van der Waals surface area contributed by atoms with Gasteiger partial charge in [0, 0.05) is 6.54 Å². The fourth-order valence-corrected chi connectivity index (χ4v) is 7.82. The van der Waals surface area contributed by atoms with Crippen molar-refractivity contribution in [3.8, 4) is 0 Å². The van der Waals surface area contributed by atoms with Gasteiger partial charge in [-0.15, -0.1) is 6.58 Å². The Labute approximate surface area is 140 Å². The highest BCUT2D eigenvalue weighted by atomic mass is 16.2. The van der Waals surface area contributed by atoms with E-state index in [0.29, 0.717) is 5.91 Å². The molecule has 4 unspecified atom stereocenters. The van der Waals surface area contributed by atoms with Crippen LogP contribution in [0.4, 0.5) is 0 Å². The van der Waals surface area contributed by atoms with Crippen molar-refractivity contribution in [1.82, 2.24) is 5.32 Å². The molecule has 1 amide bonds. The zero-order valence-corrected chi connectivity index (χ0v) is 14.3. The molecule has 0 aromatic heterocycles. The molecule has 0 spiro atoms. The van der Waals surface area contributed by atoms with Crippen LogP contribution in [0.3, 0.4) is 0 Å². The van der Waals surface area contributed by atoms with Gasteiger partial charge < -0.3 is 5.32 Å². The third-order valence-corrected chi connectivity index (χ3v) is 8.71. The normalized spacial score (nSPS) is 52.3. The van der Waals surface area contributed by atoms with E-state index in [-0.39, 0.29) is 5.41 Å². The molecular formula is C21H31NO. The maximum atomic E-state index is 12.9. The summed E-state index contributed by atoms with van der Waals surface area (Å²) in [6.45, 7) is 4.90. The second-order valence-corrected chi connectivity index (χ2v) is 9.59. The smallest absolute Gasteiger partial charge is 0.226 e. The van der Waals surface area contributed by atoms with Crippen LogP contribution in [0.15, 0.2) is 12.7 Å². The summed E-state index contributed by atoms with van der Waals surface area (Å²) in [7, 11) is 0. The molecule has 0 saturated heterocycles. The fourth-order valence-electron chi connectivity index (χ4n) is 7.82. The largest absolute Gasteiger partial charge is 0.355 e. The summed E-state index contributed by atoms with van der Waals surface area (Å²) in [6.07, 6.45) is 14.0. The molecule has 6 bridgehead atoms. The average molecular weight is 313 g/mol. The minimum Gasteiger partial charge on any atom is -0.355 e. The molecule has 6 rings (SSSR count). The van der Waals surface area contributed by atoms with Crippen molar-refractivity contribution in [3.63, 3.8) is 0 Å². The van der Waals surface area contributed by atoms with Crippen molar-refractivity contribution < 1.29 is 4.79 Å². The van der Waals surface area contributed by atoms with Crippen LogP contribution in [0.5, 0.6) is 0 Å². The van der Waals surface area contributed by atoms with Crippen LogP contribution in [-0.4, -0.2) is 12.5 Å². The first-order valence-electron chi connectivity index (χ1n) is 10.1. The summed E-state index contributed by atoms with van der Waals surface area (Å²) in [5.41, 5.74) is 0.0777. The lowest BCUT2D eigenvalue weighted by Gasteiger charge is -2.36. The summed E-state index contributed by atoms with van der Waals surface area (Å²) in [5, 5.41) is 3.43. The summed E-state index contributed by atoms with van der Waals surface area (Å²) < 4.78 is 0. The molecule has 2 nitrogen and oxygen atoms in total. The second kappa shape index (κ2) is 5.10. The van der Waals surface area contributed by atoms with Gasteiger partial charge in [0.05, 0.1) is 5.41 Å². The van der Waals surface area contributed by atoms with Gasteiger partial charge in [0.25, 0.3) is 0 Å². The molecule has 0 aromatic carbocycles. The molecule has 1 N–H and O–H groups in total. The Morgan fingerprint density at radius 2 is 1.70 bits per heavy atom. The van der Waals surface area contributed by atoms with E-state index in [4.69, 9.17) is 0 Å². The molecule has 0 radical (unpaired) electrons. The quantitative estimate of drug-likeness (QED) is 0.758. The van der Waals surface area contributed by atoms with E-state index >= 15 is 0 Å². The summed E-state index contributed by atoms with van der Waals surface area (Å²) in [5.74, 6) is 6.41. The molecular weight excluding hydrogens is 282 g/mol. The Balaban J connectivity index is 1.18. The van der Waals surface area contributed by atoms with Gasteiger partial charge in [-0.3, -0.25) is 4.79 Å². The number of nitrogens with one attached hydrogen (secondary N) is 1. The van der Waals surface area contributed by atoms with Gasteiger partial charge in [-0.2, -0.15) is 0 Å². The van der Waals surface area contributed by atoms with Crippen LogP contribution in [0.25, 0.3) is 0 Å². The number of carbonyl (C=O) groups excluding carboxylic acids is 1. The lowest BCUT2D eigenvalue weighted by atomic mass is 9.72. The Kier molecular flexibility index (Phi) is 3.23. The predicted molar refractivity (Wildman–Crippen MR) is 91.6 cm³/mol. The van der Waals surface area contributed by atoms with Gasteiger partial charge in [-0.05, 0) is 99.2 Å². The van der Waals surface area contributed by atoms with Crippen molar-refractivity contribution >= 4 is 5.91 Å². The molecule has 6 fully saturated rings. The highest BCUT2D eigenvalue weighted by molar-refractivity contribution is 5.84. The molecule has 6 saturated carbocycles. The lowest BCUT2D eigenvalue weighted by molar-refractivity contribution is -0.132. The van der Waals surface area contributed by atoms with Crippen LogP contribution >= 0.6 is 0 Å².